The molecular weight excluding hydrogens is 259 g/mol. The third-order valence-electron chi connectivity index (χ3n) is 5.16. The minimum atomic E-state index is -0.190. The van der Waals surface area contributed by atoms with Crippen molar-refractivity contribution in [1.29, 1.82) is 0 Å². The highest BCUT2D eigenvalue weighted by atomic mass is 16.5. The monoisotopic (exact) mass is 289 g/mol. The molecule has 1 radical (unpaired) electrons. The summed E-state index contributed by atoms with van der Waals surface area (Å²) in [4.78, 5) is 0. The van der Waals surface area contributed by atoms with Crippen LogP contribution in [-0.4, -0.2) is 24.8 Å². The van der Waals surface area contributed by atoms with Gasteiger partial charge in [0.2, 0.25) is 0 Å². The van der Waals surface area contributed by atoms with Crippen molar-refractivity contribution in [2.45, 2.75) is 84.5 Å². The summed E-state index contributed by atoms with van der Waals surface area (Å²) in [5, 5.41) is 0. The lowest BCUT2D eigenvalue weighted by Gasteiger charge is -2.40. The van der Waals surface area contributed by atoms with Crippen LogP contribution < -0.4 is 0 Å². The molecule has 2 aliphatic rings. The van der Waals surface area contributed by atoms with Gasteiger partial charge < -0.3 is 9.39 Å². The van der Waals surface area contributed by atoms with Gasteiger partial charge in [0.1, 0.15) is 0 Å². The van der Waals surface area contributed by atoms with Crippen LogP contribution in [0.5, 0.6) is 0 Å². The number of ether oxygens (including phenoxy) is 1. The molecule has 3 heteroatoms. The Morgan fingerprint density at radius 3 is 2.29 bits per heavy atom. The van der Waals surface area contributed by atoms with Crippen LogP contribution in [0.25, 0.3) is 0 Å². The Labute approximate surface area is 131 Å². The first-order chi connectivity index (χ1) is 9.61. The molecule has 0 bridgehead atoms. The van der Waals surface area contributed by atoms with Gasteiger partial charge in [0.05, 0.1) is 17.3 Å². The molecule has 0 aromatic carbocycles. The molecule has 0 amide bonds. The van der Waals surface area contributed by atoms with Crippen molar-refractivity contribution >= 4 is 7.48 Å². The van der Waals surface area contributed by atoms with Crippen LogP contribution in [0.15, 0.2) is 23.7 Å². The minimum Gasteiger partial charge on any atom is -0.429 e. The molecular formula is C18H30BO2. The molecule has 0 spiro atoms. The van der Waals surface area contributed by atoms with Gasteiger partial charge in [0.15, 0.2) is 0 Å². The van der Waals surface area contributed by atoms with Crippen molar-refractivity contribution in [3.8, 4) is 0 Å². The maximum atomic E-state index is 6.18. The fraction of sp³-hybridized carbons (Fsp3) is 0.778. The highest BCUT2D eigenvalue weighted by Gasteiger charge is 2.34. The van der Waals surface area contributed by atoms with E-state index in [1.807, 2.05) is 7.48 Å². The normalized spacial score (nSPS) is 27.2. The molecule has 1 unspecified atom stereocenters. The summed E-state index contributed by atoms with van der Waals surface area (Å²) >= 11 is 0. The maximum Gasteiger partial charge on any atom is 0.330 e. The first-order valence-electron chi connectivity index (χ1n) is 8.20. The van der Waals surface area contributed by atoms with E-state index in [1.165, 1.54) is 19.3 Å². The van der Waals surface area contributed by atoms with E-state index >= 15 is 0 Å². The van der Waals surface area contributed by atoms with Crippen LogP contribution in [0.2, 0.25) is 0 Å². The molecule has 2 aliphatic carbocycles. The van der Waals surface area contributed by atoms with Crippen molar-refractivity contribution in [2.75, 3.05) is 0 Å². The van der Waals surface area contributed by atoms with Crippen molar-refractivity contribution in [3.05, 3.63) is 23.7 Å². The number of allylic oxidation sites excluding steroid dienone is 2. The summed E-state index contributed by atoms with van der Waals surface area (Å²) < 4.78 is 12.2. The van der Waals surface area contributed by atoms with E-state index in [4.69, 9.17) is 9.39 Å². The summed E-state index contributed by atoms with van der Waals surface area (Å²) in [6.07, 6.45) is 11.7. The molecule has 1 atom stereocenters. The summed E-state index contributed by atoms with van der Waals surface area (Å²) in [6.45, 7) is 13.1. The van der Waals surface area contributed by atoms with E-state index < -0.39 is 0 Å². The Hall–Kier alpha value is -0.535. The third kappa shape index (κ3) is 4.23. The minimum absolute atomic E-state index is 0.101. The van der Waals surface area contributed by atoms with Crippen LogP contribution in [0.1, 0.15) is 67.2 Å². The molecule has 21 heavy (non-hydrogen) atoms. The van der Waals surface area contributed by atoms with Crippen molar-refractivity contribution in [2.24, 2.45) is 5.41 Å². The number of rotatable bonds is 5. The first-order valence-corrected chi connectivity index (χ1v) is 8.20. The fourth-order valence-corrected chi connectivity index (χ4v) is 2.17. The SMILES string of the molecule is CC1(OC2CCC2)C=CC([B]OC(C)(C)C(C)(C)C)=CC1. The smallest absolute Gasteiger partial charge is 0.330 e. The number of hydrogen-bond donors (Lipinski definition) is 0. The molecule has 0 heterocycles. The molecule has 0 aromatic heterocycles. The topological polar surface area (TPSA) is 18.5 Å². The van der Waals surface area contributed by atoms with Crippen LogP contribution in [0, 0.1) is 5.41 Å². The van der Waals surface area contributed by atoms with Gasteiger partial charge in [0.25, 0.3) is 0 Å². The maximum absolute atomic E-state index is 6.18. The van der Waals surface area contributed by atoms with Crippen LogP contribution in [-0.2, 0) is 9.39 Å². The molecule has 0 aromatic rings. The second-order valence-electron chi connectivity index (χ2n) is 8.22. The highest BCUT2D eigenvalue weighted by molar-refractivity contribution is 6.39. The van der Waals surface area contributed by atoms with Gasteiger partial charge in [-0.15, -0.1) is 0 Å². The Balaban J connectivity index is 1.85. The van der Waals surface area contributed by atoms with Gasteiger partial charge in [-0.05, 0) is 51.9 Å². The average molecular weight is 289 g/mol. The van der Waals surface area contributed by atoms with E-state index in [9.17, 15) is 0 Å². The molecule has 117 valence electrons. The Morgan fingerprint density at radius 1 is 1.19 bits per heavy atom. The van der Waals surface area contributed by atoms with Crippen molar-refractivity contribution in [3.63, 3.8) is 0 Å². The zero-order chi connectivity index (χ0) is 15.7. The van der Waals surface area contributed by atoms with Gasteiger partial charge in [-0.25, -0.2) is 0 Å². The van der Waals surface area contributed by atoms with E-state index in [1.54, 1.807) is 0 Å². The van der Waals surface area contributed by atoms with E-state index in [2.05, 4.69) is 59.8 Å². The van der Waals surface area contributed by atoms with Crippen LogP contribution in [0.3, 0.4) is 0 Å². The van der Waals surface area contributed by atoms with Crippen LogP contribution in [0.4, 0.5) is 0 Å². The molecule has 1 saturated carbocycles. The summed E-state index contributed by atoms with van der Waals surface area (Å²) in [5.41, 5.74) is 0.916. The number of hydrogen-bond acceptors (Lipinski definition) is 2. The van der Waals surface area contributed by atoms with Gasteiger partial charge >= 0.3 is 7.48 Å². The predicted molar refractivity (Wildman–Crippen MR) is 89.3 cm³/mol. The fourth-order valence-electron chi connectivity index (χ4n) is 2.17. The molecule has 1 fully saturated rings. The van der Waals surface area contributed by atoms with E-state index in [-0.39, 0.29) is 16.6 Å². The molecule has 0 saturated heterocycles. The zero-order valence-electron chi connectivity index (χ0n) is 14.5. The summed E-state index contributed by atoms with van der Waals surface area (Å²) in [6, 6.07) is 0. The van der Waals surface area contributed by atoms with Crippen molar-refractivity contribution in [1.82, 2.24) is 0 Å². The predicted octanol–water partition coefficient (Wildman–Crippen LogP) is 4.62. The Kier molecular flexibility index (Phi) is 4.75. The molecule has 2 nitrogen and oxygen atoms in total. The summed E-state index contributed by atoms with van der Waals surface area (Å²) in [5.74, 6) is 0. The molecule has 2 rings (SSSR count). The lowest BCUT2D eigenvalue weighted by molar-refractivity contribution is -0.0844. The second kappa shape index (κ2) is 5.93. The second-order valence-corrected chi connectivity index (χ2v) is 8.22. The largest absolute Gasteiger partial charge is 0.429 e. The van der Waals surface area contributed by atoms with E-state index in [0.717, 1.165) is 11.9 Å². The van der Waals surface area contributed by atoms with Crippen molar-refractivity contribution < 1.29 is 9.39 Å². The standard InChI is InChI=1S/C18H30BO2/c1-16(2,3)17(4,5)21-19-14-10-12-18(6,13-11-14)20-15-8-7-9-15/h10-12,15H,7-9,13H2,1-6H3. The quantitative estimate of drug-likeness (QED) is 0.688. The third-order valence-corrected chi connectivity index (χ3v) is 5.16. The summed E-state index contributed by atoms with van der Waals surface area (Å²) in [7, 11) is 1.89. The molecule has 0 N–H and O–H groups in total. The lowest BCUT2D eigenvalue weighted by atomic mass is 9.75. The average Bonchev–Trinajstić information content (AvgIpc) is 2.32. The van der Waals surface area contributed by atoms with Gasteiger partial charge in [-0.2, -0.15) is 0 Å². The van der Waals surface area contributed by atoms with E-state index in [0.29, 0.717) is 6.10 Å². The van der Waals surface area contributed by atoms with Crippen LogP contribution >= 0.6 is 0 Å². The Morgan fingerprint density at radius 2 is 1.86 bits per heavy atom. The lowest BCUT2D eigenvalue weighted by Crippen LogP contribution is -2.41. The first kappa shape index (κ1) is 16.8. The van der Waals surface area contributed by atoms with Gasteiger partial charge in [-0.3, -0.25) is 0 Å². The van der Waals surface area contributed by atoms with Gasteiger partial charge in [0, 0.05) is 0 Å². The van der Waals surface area contributed by atoms with Gasteiger partial charge in [-0.1, -0.05) is 44.5 Å². The highest BCUT2D eigenvalue weighted by Crippen LogP contribution is 2.34. The Bertz CT molecular complexity index is 427. The molecule has 0 aliphatic heterocycles. The zero-order valence-corrected chi connectivity index (χ0v) is 14.5.